The van der Waals surface area contributed by atoms with E-state index >= 15 is 0 Å². The fraction of sp³-hybridized carbons (Fsp3) is 0.480. The number of sulfonamides is 1. The summed E-state index contributed by atoms with van der Waals surface area (Å²) in [5.41, 5.74) is 0.918. The molecule has 4 rings (SSSR count). The molecule has 2 aromatic carbocycles. The molecular weight excluding hydrogens is 440 g/mol. The number of hydrogen-bond acceptors (Lipinski definition) is 5. The normalized spacial score (nSPS) is 22.7. The molecule has 2 saturated carbocycles. The Balaban J connectivity index is 1.40. The van der Waals surface area contributed by atoms with Crippen LogP contribution in [0.15, 0.2) is 47.4 Å². The average Bonchev–Trinajstić information content (AvgIpc) is 3.43. The second-order valence-electron chi connectivity index (χ2n) is 9.03. The third kappa shape index (κ3) is 5.17. The lowest BCUT2D eigenvalue weighted by Crippen LogP contribution is -2.40. The van der Waals surface area contributed by atoms with E-state index in [-0.39, 0.29) is 16.8 Å². The Hall–Kier alpha value is -2.58. The van der Waals surface area contributed by atoms with E-state index in [4.69, 9.17) is 9.47 Å². The first kappa shape index (κ1) is 23.6. The van der Waals surface area contributed by atoms with Crippen molar-refractivity contribution in [2.75, 3.05) is 19.0 Å². The lowest BCUT2D eigenvalue weighted by Gasteiger charge is -2.28. The Morgan fingerprint density at radius 2 is 1.85 bits per heavy atom. The Labute approximate surface area is 195 Å². The van der Waals surface area contributed by atoms with Gasteiger partial charge in [0.25, 0.3) is 5.91 Å². The summed E-state index contributed by atoms with van der Waals surface area (Å²) in [6.07, 6.45) is 4.87. The number of methoxy groups -OCH3 is 1. The second kappa shape index (κ2) is 9.73. The molecule has 7 nitrogen and oxygen atoms in total. The molecule has 0 saturated heterocycles. The Morgan fingerprint density at radius 3 is 2.45 bits per heavy atom. The van der Waals surface area contributed by atoms with Gasteiger partial charge in [0.15, 0.2) is 11.5 Å². The Bertz CT molecular complexity index is 1100. The fourth-order valence-corrected chi connectivity index (χ4v) is 6.61. The van der Waals surface area contributed by atoms with Crippen molar-refractivity contribution < 1.29 is 22.7 Å². The maximum absolute atomic E-state index is 12.9. The molecule has 0 radical (unpaired) electrons. The van der Waals surface area contributed by atoms with Crippen LogP contribution in [0.4, 0.5) is 5.69 Å². The van der Waals surface area contributed by atoms with Gasteiger partial charge in [-0.25, -0.2) is 13.1 Å². The lowest BCUT2D eigenvalue weighted by atomic mass is 9.84. The molecule has 2 aromatic rings. The number of amides is 1. The van der Waals surface area contributed by atoms with E-state index in [1.807, 2.05) is 13.8 Å². The van der Waals surface area contributed by atoms with Crippen LogP contribution in [-0.4, -0.2) is 34.1 Å². The van der Waals surface area contributed by atoms with Crippen molar-refractivity contribution in [1.82, 2.24) is 4.72 Å². The van der Waals surface area contributed by atoms with Crippen LogP contribution in [0, 0.1) is 17.8 Å². The molecular formula is C25H32N2O5S. The maximum Gasteiger partial charge on any atom is 0.255 e. The molecule has 2 aliphatic rings. The van der Waals surface area contributed by atoms with E-state index < -0.39 is 10.0 Å². The first-order valence-electron chi connectivity index (χ1n) is 11.5. The smallest absolute Gasteiger partial charge is 0.255 e. The maximum atomic E-state index is 12.9. The number of nitrogens with one attached hydrogen (secondary N) is 2. The highest BCUT2D eigenvalue weighted by atomic mass is 32.2. The second-order valence-corrected chi connectivity index (χ2v) is 10.7. The van der Waals surface area contributed by atoms with Crippen molar-refractivity contribution in [2.45, 2.75) is 50.5 Å². The molecule has 2 N–H and O–H groups in total. The number of anilines is 1. The zero-order chi connectivity index (χ0) is 23.6. The van der Waals surface area contributed by atoms with Crippen LogP contribution < -0.4 is 19.5 Å². The van der Waals surface area contributed by atoms with Crippen LogP contribution in [0.2, 0.25) is 0 Å². The first-order valence-corrected chi connectivity index (χ1v) is 13.0. The van der Waals surface area contributed by atoms with Crippen LogP contribution in [0.5, 0.6) is 11.5 Å². The summed E-state index contributed by atoms with van der Waals surface area (Å²) >= 11 is 0. The summed E-state index contributed by atoms with van der Waals surface area (Å²) in [5.74, 6) is 2.55. The summed E-state index contributed by atoms with van der Waals surface area (Å²) in [4.78, 5) is 12.8. The van der Waals surface area contributed by atoms with Gasteiger partial charge in [0.1, 0.15) is 0 Å². The molecule has 33 heavy (non-hydrogen) atoms. The standard InChI is InChI=1S/C25H32N2O5S/c1-4-32-23-12-7-19(15-24(23)31-3)25(28)26-20-8-10-21(11-9-20)33(29,30)27-16(2)22-14-17-5-6-18(22)13-17/h7-12,15-18,22,27H,4-6,13-14H2,1-3H3,(H,26,28)/t16-,17-,18-,22-/m0/s1. The van der Waals surface area contributed by atoms with Gasteiger partial charge in [-0.15, -0.1) is 0 Å². The SMILES string of the molecule is CCOc1ccc(C(=O)Nc2ccc(S(=O)(=O)N[C@@H](C)[C@@H]3C[C@H]4CC[C@H]3C4)cc2)cc1OC. The van der Waals surface area contributed by atoms with Crippen molar-refractivity contribution in [3.8, 4) is 11.5 Å². The highest BCUT2D eigenvalue weighted by Crippen LogP contribution is 2.49. The summed E-state index contributed by atoms with van der Waals surface area (Å²) < 4.78 is 39.4. The number of benzene rings is 2. The highest BCUT2D eigenvalue weighted by Gasteiger charge is 2.42. The predicted molar refractivity (Wildman–Crippen MR) is 127 cm³/mol. The minimum Gasteiger partial charge on any atom is -0.493 e. The molecule has 1 amide bonds. The van der Waals surface area contributed by atoms with Gasteiger partial charge in [0.05, 0.1) is 18.6 Å². The van der Waals surface area contributed by atoms with Gasteiger partial charge in [-0.1, -0.05) is 6.42 Å². The third-order valence-corrected chi connectivity index (χ3v) is 8.50. The van der Waals surface area contributed by atoms with Gasteiger partial charge >= 0.3 is 0 Å². The number of ether oxygens (including phenoxy) is 2. The molecule has 0 aromatic heterocycles. The molecule has 0 aliphatic heterocycles. The number of fused-ring (bicyclic) bond motifs is 2. The zero-order valence-electron chi connectivity index (χ0n) is 19.3. The fourth-order valence-electron chi connectivity index (χ4n) is 5.31. The van der Waals surface area contributed by atoms with Crippen LogP contribution in [0.25, 0.3) is 0 Å². The van der Waals surface area contributed by atoms with Gasteiger partial charge in [-0.3, -0.25) is 4.79 Å². The van der Waals surface area contributed by atoms with Gasteiger partial charge in [0.2, 0.25) is 10.0 Å². The molecule has 2 bridgehead atoms. The van der Waals surface area contributed by atoms with Crippen LogP contribution in [0.1, 0.15) is 49.9 Å². The Kier molecular flexibility index (Phi) is 6.95. The largest absolute Gasteiger partial charge is 0.493 e. The predicted octanol–water partition coefficient (Wildman–Crippen LogP) is 4.45. The van der Waals surface area contributed by atoms with E-state index in [0.29, 0.717) is 41.2 Å². The highest BCUT2D eigenvalue weighted by molar-refractivity contribution is 7.89. The summed E-state index contributed by atoms with van der Waals surface area (Å²) in [6, 6.07) is 11.1. The minimum absolute atomic E-state index is 0.0840. The molecule has 178 valence electrons. The number of carbonyl (C=O) groups excluding carboxylic acids is 1. The van der Waals surface area contributed by atoms with E-state index in [9.17, 15) is 13.2 Å². The van der Waals surface area contributed by atoms with Gasteiger partial charge < -0.3 is 14.8 Å². The van der Waals surface area contributed by atoms with Crippen molar-refractivity contribution in [3.05, 3.63) is 48.0 Å². The van der Waals surface area contributed by atoms with E-state index in [1.165, 1.54) is 38.5 Å². The van der Waals surface area contributed by atoms with Crippen LogP contribution in [0.3, 0.4) is 0 Å². The van der Waals surface area contributed by atoms with E-state index in [1.54, 1.807) is 30.3 Å². The molecule has 2 aliphatic carbocycles. The third-order valence-electron chi connectivity index (χ3n) is 6.92. The average molecular weight is 473 g/mol. The van der Waals surface area contributed by atoms with E-state index in [0.717, 1.165) is 12.3 Å². The minimum atomic E-state index is -3.62. The number of hydrogen-bond donors (Lipinski definition) is 2. The monoisotopic (exact) mass is 472 g/mol. The molecule has 2 fully saturated rings. The summed E-state index contributed by atoms with van der Waals surface area (Å²) in [7, 11) is -2.10. The van der Waals surface area contributed by atoms with E-state index in [2.05, 4.69) is 10.0 Å². The van der Waals surface area contributed by atoms with Gasteiger partial charge in [-0.05, 0) is 93.3 Å². The molecule has 0 unspecified atom stereocenters. The summed E-state index contributed by atoms with van der Waals surface area (Å²) in [6.45, 7) is 4.34. The van der Waals surface area contributed by atoms with Crippen molar-refractivity contribution in [2.24, 2.45) is 17.8 Å². The van der Waals surface area contributed by atoms with Crippen LogP contribution in [-0.2, 0) is 10.0 Å². The summed E-state index contributed by atoms with van der Waals surface area (Å²) in [5, 5.41) is 2.79. The lowest BCUT2D eigenvalue weighted by molar-refractivity contribution is 0.102. The Morgan fingerprint density at radius 1 is 1.09 bits per heavy atom. The molecule has 8 heteroatoms. The van der Waals surface area contributed by atoms with Crippen molar-refractivity contribution in [1.29, 1.82) is 0 Å². The molecule has 0 spiro atoms. The zero-order valence-corrected chi connectivity index (χ0v) is 20.2. The number of rotatable bonds is 9. The van der Waals surface area contributed by atoms with Crippen molar-refractivity contribution >= 4 is 21.6 Å². The van der Waals surface area contributed by atoms with Crippen molar-refractivity contribution in [3.63, 3.8) is 0 Å². The number of carbonyl (C=O) groups is 1. The van der Waals surface area contributed by atoms with Gasteiger partial charge in [-0.2, -0.15) is 0 Å². The molecule has 0 heterocycles. The topological polar surface area (TPSA) is 93.7 Å². The van der Waals surface area contributed by atoms with Crippen LogP contribution >= 0.6 is 0 Å². The van der Waals surface area contributed by atoms with Gasteiger partial charge in [0, 0.05) is 17.3 Å². The first-order chi connectivity index (χ1) is 15.8. The molecule has 4 atom stereocenters. The quantitative estimate of drug-likeness (QED) is 0.562.